The second-order valence-electron chi connectivity index (χ2n) is 7.36. The van der Waals surface area contributed by atoms with Crippen molar-refractivity contribution in [3.05, 3.63) is 0 Å². The summed E-state index contributed by atoms with van der Waals surface area (Å²) in [5.41, 5.74) is -0.714. The molecule has 1 N–H and O–H groups in total. The van der Waals surface area contributed by atoms with Gasteiger partial charge in [-0.3, -0.25) is 9.59 Å². The third-order valence-electron chi connectivity index (χ3n) is 3.69. The lowest BCUT2D eigenvalue weighted by molar-refractivity contribution is -0.157. The molecule has 0 aromatic heterocycles. The summed E-state index contributed by atoms with van der Waals surface area (Å²) in [5, 5.41) is 3.00. The maximum Gasteiger partial charge on any atom is 0.319 e. The van der Waals surface area contributed by atoms with Gasteiger partial charge in [-0.15, -0.1) is 0 Å². The molecule has 1 aliphatic heterocycles. The smallest absolute Gasteiger partial charge is 0.319 e. The number of ether oxygens (including phenoxy) is 2. The van der Waals surface area contributed by atoms with Crippen molar-refractivity contribution >= 4 is 11.9 Å². The van der Waals surface area contributed by atoms with Crippen LogP contribution in [0.5, 0.6) is 0 Å². The van der Waals surface area contributed by atoms with E-state index >= 15 is 0 Å². The molecule has 1 amide bonds. The highest BCUT2D eigenvalue weighted by Gasteiger charge is 2.40. The first-order valence-corrected chi connectivity index (χ1v) is 7.68. The highest BCUT2D eigenvalue weighted by Crippen LogP contribution is 2.29. The van der Waals surface area contributed by atoms with Gasteiger partial charge in [0, 0.05) is 12.6 Å². The second kappa shape index (κ2) is 6.77. The molecular weight excluding hydrogens is 270 g/mol. The second-order valence-corrected chi connectivity index (χ2v) is 7.36. The summed E-state index contributed by atoms with van der Waals surface area (Å²) in [7, 11) is 0. The van der Waals surface area contributed by atoms with Crippen LogP contribution in [0.1, 0.15) is 54.4 Å². The monoisotopic (exact) mass is 299 g/mol. The maximum atomic E-state index is 12.5. The normalized spacial score (nSPS) is 23.2. The third-order valence-corrected chi connectivity index (χ3v) is 3.69. The minimum absolute atomic E-state index is 0.0422. The molecule has 1 heterocycles. The van der Waals surface area contributed by atoms with Crippen LogP contribution >= 0.6 is 0 Å². The van der Waals surface area contributed by atoms with Gasteiger partial charge in [0.05, 0.1) is 12.2 Å². The van der Waals surface area contributed by atoms with Crippen LogP contribution in [-0.4, -0.2) is 36.7 Å². The Morgan fingerprint density at radius 1 is 1.38 bits per heavy atom. The molecule has 1 saturated heterocycles. The van der Waals surface area contributed by atoms with E-state index in [9.17, 15) is 9.59 Å². The van der Waals surface area contributed by atoms with Crippen LogP contribution in [0.25, 0.3) is 0 Å². The predicted octanol–water partition coefficient (Wildman–Crippen LogP) is 2.29. The quantitative estimate of drug-likeness (QED) is 0.639. The number of carbonyl (C=O) groups is 2. The van der Waals surface area contributed by atoms with Gasteiger partial charge in [0.2, 0.25) is 5.91 Å². The largest absolute Gasteiger partial charge is 0.465 e. The van der Waals surface area contributed by atoms with Gasteiger partial charge in [-0.1, -0.05) is 20.8 Å². The summed E-state index contributed by atoms with van der Waals surface area (Å²) in [6, 6.07) is 0.0422. The Kier molecular flexibility index (Phi) is 5.79. The summed E-state index contributed by atoms with van der Waals surface area (Å²) in [6.45, 7) is 12.3. The first-order valence-electron chi connectivity index (χ1n) is 7.68. The Bertz CT molecular complexity index is 384. The summed E-state index contributed by atoms with van der Waals surface area (Å²) < 4.78 is 10.7. The molecule has 1 fully saturated rings. The van der Waals surface area contributed by atoms with Gasteiger partial charge in [-0.25, -0.2) is 0 Å². The van der Waals surface area contributed by atoms with Crippen LogP contribution in [0.2, 0.25) is 0 Å². The summed E-state index contributed by atoms with van der Waals surface area (Å²) in [5.74, 6) is -1.49. The molecular formula is C16H29NO4. The first kappa shape index (κ1) is 18.0. The fourth-order valence-electron chi connectivity index (χ4n) is 2.72. The minimum atomic E-state index is -0.789. The molecule has 1 rings (SSSR count). The number of hydrogen-bond acceptors (Lipinski definition) is 4. The van der Waals surface area contributed by atoms with Crippen molar-refractivity contribution in [2.24, 2.45) is 11.3 Å². The third kappa shape index (κ3) is 5.30. The van der Waals surface area contributed by atoms with Crippen LogP contribution < -0.4 is 5.32 Å². The number of amides is 1. The lowest BCUT2D eigenvalue weighted by Gasteiger charge is -2.37. The van der Waals surface area contributed by atoms with Crippen LogP contribution in [0.3, 0.4) is 0 Å². The Balaban J connectivity index is 2.75. The molecule has 0 aromatic rings. The van der Waals surface area contributed by atoms with E-state index in [-0.39, 0.29) is 24.2 Å². The van der Waals surface area contributed by atoms with Crippen molar-refractivity contribution in [1.82, 2.24) is 5.32 Å². The number of carbonyl (C=O) groups excluding carboxylic acids is 2. The molecule has 5 nitrogen and oxygen atoms in total. The molecule has 2 atom stereocenters. The molecule has 5 heteroatoms. The molecule has 0 bridgehead atoms. The van der Waals surface area contributed by atoms with E-state index in [1.54, 1.807) is 6.92 Å². The van der Waals surface area contributed by atoms with E-state index in [4.69, 9.17) is 9.47 Å². The number of nitrogens with one attached hydrogen (secondary N) is 1. The zero-order valence-corrected chi connectivity index (χ0v) is 14.1. The minimum Gasteiger partial charge on any atom is -0.465 e. The van der Waals surface area contributed by atoms with Gasteiger partial charge in [0.15, 0.2) is 0 Å². The SMILES string of the molecule is CCOC(=O)C(C(=O)NC1CCOC(C)(C)C1)C(C)(C)C. The molecule has 122 valence electrons. The molecule has 0 radical (unpaired) electrons. The van der Waals surface area contributed by atoms with Gasteiger partial charge in [0.1, 0.15) is 5.92 Å². The highest BCUT2D eigenvalue weighted by atomic mass is 16.5. The maximum absolute atomic E-state index is 12.5. The Labute approximate surface area is 127 Å². The van der Waals surface area contributed by atoms with Crippen LogP contribution in [0, 0.1) is 11.3 Å². The van der Waals surface area contributed by atoms with Crippen molar-refractivity contribution in [3.63, 3.8) is 0 Å². The van der Waals surface area contributed by atoms with E-state index in [1.165, 1.54) is 0 Å². The Morgan fingerprint density at radius 2 is 2.00 bits per heavy atom. The van der Waals surface area contributed by atoms with Gasteiger partial charge >= 0.3 is 5.97 Å². The van der Waals surface area contributed by atoms with Gasteiger partial charge in [-0.2, -0.15) is 0 Å². The van der Waals surface area contributed by atoms with E-state index in [0.717, 1.165) is 12.8 Å². The molecule has 21 heavy (non-hydrogen) atoms. The van der Waals surface area contributed by atoms with E-state index in [0.29, 0.717) is 6.61 Å². The average Bonchev–Trinajstić information content (AvgIpc) is 2.25. The molecule has 0 saturated carbocycles. The summed E-state index contributed by atoms with van der Waals surface area (Å²) in [6.07, 6.45) is 1.52. The highest BCUT2D eigenvalue weighted by molar-refractivity contribution is 5.98. The standard InChI is InChI=1S/C16H29NO4/c1-7-20-14(19)12(15(2,3)4)13(18)17-11-8-9-21-16(5,6)10-11/h11-12H,7-10H2,1-6H3,(H,17,18). The van der Waals surface area contributed by atoms with Gasteiger partial charge < -0.3 is 14.8 Å². The zero-order valence-electron chi connectivity index (χ0n) is 14.1. The lowest BCUT2D eigenvalue weighted by Crippen LogP contribution is -2.51. The van der Waals surface area contributed by atoms with Crippen molar-refractivity contribution < 1.29 is 19.1 Å². The van der Waals surface area contributed by atoms with Crippen molar-refractivity contribution in [3.8, 4) is 0 Å². The Morgan fingerprint density at radius 3 is 2.48 bits per heavy atom. The number of rotatable bonds is 4. The van der Waals surface area contributed by atoms with Gasteiger partial charge in [0.25, 0.3) is 0 Å². The fourth-order valence-corrected chi connectivity index (χ4v) is 2.72. The predicted molar refractivity (Wildman–Crippen MR) is 80.8 cm³/mol. The fraction of sp³-hybridized carbons (Fsp3) is 0.875. The van der Waals surface area contributed by atoms with E-state index < -0.39 is 17.3 Å². The average molecular weight is 299 g/mol. The summed E-state index contributed by atoms with van der Waals surface area (Å²) >= 11 is 0. The first-order chi connectivity index (χ1) is 9.57. The van der Waals surface area contributed by atoms with Crippen molar-refractivity contribution in [2.45, 2.75) is 66.0 Å². The Hall–Kier alpha value is -1.10. The molecule has 0 spiro atoms. The molecule has 0 aromatic carbocycles. The van der Waals surface area contributed by atoms with E-state index in [1.807, 2.05) is 34.6 Å². The molecule has 1 aliphatic rings. The van der Waals surface area contributed by atoms with Gasteiger partial charge in [-0.05, 0) is 39.0 Å². The van der Waals surface area contributed by atoms with Crippen LogP contribution in [0.15, 0.2) is 0 Å². The lowest BCUT2D eigenvalue weighted by atomic mass is 9.79. The number of esters is 1. The van der Waals surface area contributed by atoms with Crippen molar-refractivity contribution in [2.75, 3.05) is 13.2 Å². The molecule has 2 unspecified atom stereocenters. The van der Waals surface area contributed by atoms with Crippen molar-refractivity contribution in [1.29, 1.82) is 0 Å². The zero-order chi connectivity index (χ0) is 16.3. The van der Waals surface area contributed by atoms with Crippen LogP contribution in [0.4, 0.5) is 0 Å². The topological polar surface area (TPSA) is 64.6 Å². The van der Waals surface area contributed by atoms with Crippen LogP contribution in [-0.2, 0) is 19.1 Å². The van der Waals surface area contributed by atoms with E-state index in [2.05, 4.69) is 5.32 Å². The summed E-state index contributed by atoms with van der Waals surface area (Å²) in [4.78, 5) is 24.6. The molecule has 0 aliphatic carbocycles. The number of hydrogen-bond donors (Lipinski definition) is 1.